The van der Waals surface area contributed by atoms with E-state index < -0.39 is 42.5 Å². The van der Waals surface area contributed by atoms with Gasteiger partial charge in [-0.05, 0) is 25.8 Å². The number of hydrogen-bond acceptors (Lipinski definition) is 5. The monoisotopic (exact) mass is 548 g/mol. The van der Waals surface area contributed by atoms with Crippen molar-refractivity contribution >= 4 is 12.6 Å². The van der Waals surface area contributed by atoms with Gasteiger partial charge in [0, 0.05) is 24.7 Å². The zero-order valence-electron chi connectivity index (χ0n) is 19.6. The van der Waals surface area contributed by atoms with Gasteiger partial charge in [-0.15, -0.1) is 0 Å². The molecule has 0 aliphatic carbocycles. The first-order valence-electron chi connectivity index (χ1n) is 10.7. The Morgan fingerprint density at radius 1 is 1.13 bits per heavy atom. The van der Waals surface area contributed by atoms with E-state index in [1.165, 1.54) is 41.3 Å². The van der Waals surface area contributed by atoms with Crippen molar-refractivity contribution < 1.29 is 39.6 Å². The third kappa shape index (κ3) is 6.33. The summed E-state index contributed by atoms with van der Waals surface area (Å²) in [7, 11) is 0. The number of aromatic nitrogens is 3. The van der Waals surface area contributed by atoms with Crippen molar-refractivity contribution in [2.24, 2.45) is 15.4 Å². The number of alkyl halides is 6. The first-order chi connectivity index (χ1) is 17.8. The van der Waals surface area contributed by atoms with Crippen LogP contribution in [0.5, 0.6) is 0 Å². The number of nitrogens with zero attached hydrogens (tertiary/aromatic N) is 5. The quantitative estimate of drug-likeness (QED) is 0.211. The SMILES string of the molecule is C=NC(=N/C=C(/F)CNCC(C)(C(F)(F)F)C(F)(F)F)c1cc(-c2ccon2)n(Cc2ccccc2F)n1. The summed E-state index contributed by atoms with van der Waals surface area (Å²) in [5.74, 6) is -1.90. The van der Waals surface area contributed by atoms with E-state index in [2.05, 4.69) is 27.0 Å². The highest BCUT2D eigenvalue weighted by Gasteiger charge is 2.67. The first-order valence-corrected chi connectivity index (χ1v) is 10.7. The van der Waals surface area contributed by atoms with E-state index in [0.29, 0.717) is 23.2 Å². The smallest absolute Gasteiger partial charge is 0.364 e. The van der Waals surface area contributed by atoms with Gasteiger partial charge >= 0.3 is 12.4 Å². The zero-order valence-corrected chi connectivity index (χ0v) is 19.6. The number of nitrogens with one attached hydrogen (secondary N) is 1. The summed E-state index contributed by atoms with van der Waals surface area (Å²) in [4.78, 5) is 7.41. The van der Waals surface area contributed by atoms with E-state index >= 15 is 0 Å². The average Bonchev–Trinajstić information content (AvgIpc) is 3.50. The van der Waals surface area contributed by atoms with Gasteiger partial charge in [0.05, 0.1) is 18.4 Å². The normalized spacial score (nSPS) is 13.7. The van der Waals surface area contributed by atoms with Crippen LogP contribution in [0.1, 0.15) is 18.2 Å². The molecule has 0 atom stereocenters. The van der Waals surface area contributed by atoms with E-state index in [-0.39, 0.29) is 25.0 Å². The molecule has 3 aromatic rings. The molecule has 0 unspecified atom stereocenters. The molecule has 0 aliphatic rings. The lowest BCUT2D eigenvalue weighted by atomic mass is 9.89. The molecule has 0 fully saturated rings. The fourth-order valence-electron chi connectivity index (χ4n) is 3.14. The van der Waals surface area contributed by atoms with Crippen molar-refractivity contribution in [3.05, 3.63) is 71.8 Å². The van der Waals surface area contributed by atoms with Crippen molar-refractivity contribution in [1.82, 2.24) is 20.3 Å². The molecule has 38 heavy (non-hydrogen) atoms. The van der Waals surface area contributed by atoms with Gasteiger partial charge in [-0.2, -0.15) is 31.4 Å². The summed E-state index contributed by atoms with van der Waals surface area (Å²) in [6.45, 7) is 0.678. The molecule has 2 aromatic heterocycles. The van der Waals surface area contributed by atoms with Crippen LogP contribution in [0.4, 0.5) is 35.1 Å². The van der Waals surface area contributed by atoms with Gasteiger partial charge in [-0.3, -0.25) is 4.68 Å². The van der Waals surface area contributed by atoms with Crippen molar-refractivity contribution in [3.8, 4) is 11.4 Å². The number of benzene rings is 1. The largest absolute Gasteiger partial charge is 0.404 e. The molecule has 0 spiro atoms. The van der Waals surface area contributed by atoms with Crippen LogP contribution in [0, 0.1) is 11.2 Å². The molecular weight excluding hydrogens is 528 g/mol. The third-order valence-electron chi connectivity index (χ3n) is 5.49. The second kappa shape index (κ2) is 11.2. The topological polar surface area (TPSA) is 80.6 Å². The van der Waals surface area contributed by atoms with E-state index in [9.17, 15) is 35.1 Å². The highest BCUT2D eigenvalue weighted by molar-refractivity contribution is 6.00. The predicted octanol–water partition coefficient (Wildman–Crippen LogP) is 5.70. The maximum atomic E-state index is 14.2. The molecule has 2 heterocycles. The Kier molecular flexibility index (Phi) is 8.49. The summed E-state index contributed by atoms with van der Waals surface area (Å²) >= 11 is 0. The Morgan fingerprint density at radius 3 is 2.39 bits per heavy atom. The molecule has 0 radical (unpaired) electrons. The molecule has 1 N–H and O–H groups in total. The highest BCUT2D eigenvalue weighted by Crippen LogP contribution is 2.49. The molecule has 0 saturated carbocycles. The van der Waals surface area contributed by atoms with Crippen LogP contribution in [-0.2, 0) is 6.54 Å². The van der Waals surface area contributed by atoms with Gasteiger partial charge in [-0.25, -0.2) is 18.8 Å². The van der Waals surface area contributed by atoms with Crippen LogP contribution in [0.25, 0.3) is 11.4 Å². The standard InChI is InChI=1S/C23H20F8N6O/c1-21(22(26,27)28,23(29,30)31)13-33-10-15(24)11-34-20(32-2)18-9-19(17-7-8-38-36-17)37(35-18)12-14-5-3-4-6-16(14)25/h3-9,11,33H,2,10,12-13H2,1H3/b15-11+,34-20?. The van der Waals surface area contributed by atoms with Gasteiger partial charge in [0.15, 0.2) is 11.3 Å². The molecule has 0 aliphatic heterocycles. The van der Waals surface area contributed by atoms with Gasteiger partial charge in [0.1, 0.15) is 29.3 Å². The van der Waals surface area contributed by atoms with Crippen molar-refractivity contribution in [1.29, 1.82) is 0 Å². The predicted molar refractivity (Wildman–Crippen MR) is 122 cm³/mol. The summed E-state index contributed by atoms with van der Waals surface area (Å²) in [5.41, 5.74) is -3.06. The van der Waals surface area contributed by atoms with E-state index in [1.54, 1.807) is 6.07 Å². The fraction of sp³-hybridized carbons (Fsp3) is 0.304. The Hall–Kier alpha value is -3.88. The molecule has 1 aromatic carbocycles. The summed E-state index contributed by atoms with van der Waals surface area (Å²) < 4.78 is 112. The lowest BCUT2D eigenvalue weighted by Gasteiger charge is -2.34. The van der Waals surface area contributed by atoms with E-state index in [4.69, 9.17) is 4.52 Å². The Bertz CT molecular complexity index is 1290. The second-order valence-electron chi connectivity index (χ2n) is 8.17. The van der Waals surface area contributed by atoms with Crippen LogP contribution >= 0.6 is 0 Å². The minimum Gasteiger partial charge on any atom is -0.364 e. The number of halogens is 8. The molecular formula is C23H20F8N6O. The lowest BCUT2D eigenvalue weighted by molar-refractivity contribution is -0.331. The van der Waals surface area contributed by atoms with Crippen LogP contribution in [0.3, 0.4) is 0 Å². The molecule has 7 nitrogen and oxygen atoms in total. The van der Waals surface area contributed by atoms with Crippen LogP contribution in [-0.4, -0.2) is 52.9 Å². The number of rotatable bonds is 9. The number of amidine groups is 1. The van der Waals surface area contributed by atoms with Crippen LogP contribution in [0.2, 0.25) is 0 Å². The first kappa shape index (κ1) is 28.7. The fourth-order valence-corrected chi connectivity index (χ4v) is 3.14. The highest BCUT2D eigenvalue weighted by atomic mass is 19.4. The molecule has 0 bridgehead atoms. The Labute approximate surface area is 210 Å². The maximum Gasteiger partial charge on any atom is 0.404 e. The molecule has 0 amide bonds. The number of aliphatic imine (C=N–C) groups is 2. The van der Waals surface area contributed by atoms with Crippen LogP contribution in [0.15, 0.2) is 69.2 Å². The van der Waals surface area contributed by atoms with E-state index in [0.717, 1.165) is 0 Å². The van der Waals surface area contributed by atoms with Gasteiger partial charge in [-0.1, -0.05) is 23.4 Å². The Morgan fingerprint density at radius 2 is 1.82 bits per heavy atom. The van der Waals surface area contributed by atoms with Gasteiger partial charge in [0.2, 0.25) is 0 Å². The minimum absolute atomic E-state index is 0.0242. The molecule has 0 saturated heterocycles. The molecule has 3 rings (SSSR count). The maximum absolute atomic E-state index is 14.2. The summed E-state index contributed by atoms with van der Waals surface area (Å²) in [6.07, 6.45) is -9.37. The zero-order chi connectivity index (χ0) is 28.1. The minimum atomic E-state index is -5.61. The summed E-state index contributed by atoms with van der Waals surface area (Å²) in [5, 5.41) is 9.91. The second-order valence-corrected chi connectivity index (χ2v) is 8.17. The third-order valence-corrected chi connectivity index (χ3v) is 5.49. The average molecular weight is 548 g/mol. The van der Waals surface area contributed by atoms with Crippen molar-refractivity contribution in [3.63, 3.8) is 0 Å². The van der Waals surface area contributed by atoms with Gasteiger partial charge < -0.3 is 9.84 Å². The van der Waals surface area contributed by atoms with Gasteiger partial charge in [0.25, 0.3) is 0 Å². The van der Waals surface area contributed by atoms with E-state index in [1.807, 2.05) is 5.32 Å². The van der Waals surface area contributed by atoms with Crippen LogP contribution < -0.4 is 5.32 Å². The lowest BCUT2D eigenvalue weighted by Crippen LogP contribution is -2.53. The number of hydrogen-bond donors (Lipinski definition) is 1. The van der Waals surface area contributed by atoms with Crippen molar-refractivity contribution in [2.45, 2.75) is 25.8 Å². The molecule has 204 valence electrons. The summed E-state index contributed by atoms with van der Waals surface area (Å²) in [6, 6.07) is 8.90. The molecule has 15 heteroatoms. The Balaban J connectivity index is 1.82. The van der Waals surface area contributed by atoms with Crippen molar-refractivity contribution in [2.75, 3.05) is 13.1 Å².